The Morgan fingerprint density at radius 1 is 1.40 bits per heavy atom. The Morgan fingerprint density at radius 2 is 2.20 bits per heavy atom. The van der Waals surface area contributed by atoms with Crippen molar-refractivity contribution in [3.63, 3.8) is 0 Å². The van der Waals surface area contributed by atoms with Crippen LogP contribution in [0.25, 0.3) is 0 Å². The van der Waals surface area contributed by atoms with E-state index in [1.807, 2.05) is 0 Å². The summed E-state index contributed by atoms with van der Waals surface area (Å²) < 4.78 is 10.9. The van der Waals surface area contributed by atoms with Gasteiger partial charge in [-0.3, -0.25) is 4.21 Å². The molecule has 3 nitrogen and oxygen atoms in total. The third kappa shape index (κ3) is 6.28. The van der Waals surface area contributed by atoms with Gasteiger partial charge in [0.1, 0.15) is 0 Å². The van der Waals surface area contributed by atoms with Crippen LogP contribution >= 0.6 is 0 Å². The lowest BCUT2D eigenvalue weighted by Gasteiger charge is -2.16. The second-order valence-corrected chi connectivity index (χ2v) is 6.07. The predicted octanol–water partition coefficient (Wildman–Crippen LogP) is 0.829. The molecule has 0 aromatic rings. The van der Waals surface area contributed by atoms with E-state index in [1.165, 1.54) is 32.4 Å². The molecule has 0 aliphatic carbocycles. The van der Waals surface area contributed by atoms with Crippen LogP contribution in [0.5, 0.6) is 0 Å². The maximum absolute atomic E-state index is 10.9. The van der Waals surface area contributed by atoms with Gasteiger partial charge in [-0.1, -0.05) is 0 Å². The van der Waals surface area contributed by atoms with Gasteiger partial charge in [0.05, 0.1) is 0 Å². The number of likely N-dealkylation sites (tertiary alicyclic amines) is 1. The van der Waals surface area contributed by atoms with Crippen molar-refractivity contribution in [3.05, 3.63) is 0 Å². The minimum absolute atomic E-state index is 0.629. The molecule has 0 amide bonds. The van der Waals surface area contributed by atoms with Gasteiger partial charge in [0.15, 0.2) is 0 Å². The summed E-state index contributed by atoms with van der Waals surface area (Å²) in [6.45, 7) is 3.46. The lowest BCUT2D eigenvalue weighted by atomic mass is 10.1. The van der Waals surface area contributed by atoms with Gasteiger partial charge < -0.3 is 10.2 Å². The van der Waals surface area contributed by atoms with E-state index in [9.17, 15) is 4.21 Å². The largest absolute Gasteiger partial charge is 0.314 e. The quantitative estimate of drug-likeness (QED) is 0.713. The van der Waals surface area contributed by atoms with E-state index < -0.39 is 10.8 Å². The number of hydrogen-bond donors (Lipinski definition) is 1. The van der Waals surface area contributed by atoms with Crippen LogP contribution in [-0.4, -0.2) is 53.8 Å². The summed E-state index contributed by atoms with van der Waals surface area (Å²) in [5.41, 5.74) is 0. The first-order chi connectivity index (χ1) is 7.18. The SMILES string of the molecule is CN1CCCC(NCCCS(C)=O)CC1. The number of nitrogens with one attached hydrogen (secondary N) is 1. The fourth-order valence-electron chi connectivity index (χ4n) is 2.03. The van der Waals surface area contributed by atoms with Crippen LogP contribution in [0.1, 0.15) is 25.7 Å². The standard InChI is InChI=1S/C11H24N2OS/c1-13-8-3-5-11(6-9-13)12-7-4-10-15(2)14/h11-12H,3-10H2,1-2H3. The van der Waals surface area contributed by atoms with Crippen molar-refractivity contribution >= 4 is 10.8 Å². The summed E-state index contributed by atoms with van der Waals surface area (Å²) in [5, 5.41) is 3.58. The van der Waals surface area contributed by atoms with Crippen LogP contribution in [-0.2, 0) is 10.8 Å². The van der Waals surface area contributed by atoms with Crippen LogP contribution in [0.4, 0.5) is 0 Å². The van der Waals surface area contributed by atoms with Gasteiger partial charge in [0, 0.05) is 28.9 Å². The van der Waals surface area contributed by atoms with E-state index >= 15 is 0 Å². The van der Waals surface area contributed by atoms with Crippen LogP contribution in [0, 0.1) is 0 Å². The first-order valence-electron chi connectivity index (χ1n) is 5.90. The van der Waals surface area contributed by atoms with Crippen molar-refractivity contribution in [1.82, 2.24) is 10.2 Å². The molecule has 0 saturated carbocycles. The van der Waals surface area contributed by atoms with Crippen molar-refractivity contribution in [1.29, 1.82) is 0 Å². The zero-order chi connectivity index (χ0) is 11.1. The summed E-state index contributed by atoms with van der Waals surface area (Å²) in [5.74, 6) is 0.833. The highest BCUT2D eigenvalue weighted by Crippen LogP contribution is 2.09. The number of nitrogens with zero attached hydrogens (tertiary/aromatic N) is 1. The number of hydrogen-bond acceptors (Lipinski definition) is 3. The molecule has 1 rings (SSSR count). The molecule has 2 atom stereocenters. The monoisotopic (exact) mass is 232 g/mol. The fraction of sp³-hybridized carbons (Fsp3) is 1.00. The van der Waals surface area contributed by atoms with Gasteiger partial charge >= 0.3 is 0 Å². The molecular formula is C11H24N2OS. The average molecular weight is 232 g/mol. The molecule has 1 saturated heterocycles. The Labute approximate surface area is 96.1 Å². The molecule has 1 heterocycles. The first kappa shape index (κ1) is 13.1. The molecule has 2 unspecified atom stereocenters. The average Bonchev–Trinajstić information content (AvgIpc) is 2.38. The Hall–Kier alpha value is 0.0700. The second kappa shape index (κ2) is 7.36. The molecular weight excluding hydrogens is 208 g/mol. The maximum atomic E-state index is 10.9. The Kier molecular flexibility index (Phi) is 6.45. The lowest BCUT2D eigenvalue weighted by Crippen LogP contribution is -2.31. The van der Waals surface area contributed by atoms with Crippen molar-refractivity contribution in [2.45, 2.75) is 31.7 Å². The molecule has 1 aliphatic heterocycles. The highest BCUT2D eigenvalue weighted by molar-refractivity contribution is 7.84. The highest BCUT2D eigenvalue weighted by Gasteiger charge is 2.13. The maximum Gasteiger partial charge on any atom is 0.0244 e. The van der Waals surface area contributed by atoms with Gasteiger partial charge in [-0.2, -0.15) is 0 Å². The van der Waals surface area contributed by atoms with Crippen LogP contribution in [0.15, 0.2) is 0 Å². The minimum Gasteiger partial charge on any atom is -0.314 e. The smallest absolute Gasteiger partial charge is 0.0244 e. The topological polar surface area (TPSA) is 32.3 Å². The van der Waals surface area contributed by atoms with E-state index in [1.54, 1.807) is 6.26 Å². The van der Waals surface area contributed by atoms with Crippen molar-refractivity contribution in [2.24, 2.45) is 0 Å². The lowest BCUT2D eigenvalue weighted by molar-refractivity contribution is 0.344. The molecule has 4 heteroatoms. The predicted molar refractivity (Wildman–Crippen MR) is 66.7 cm³/mol. The Morgan fingerprint density at radius 3 is 2.93 bits per heavy atom. The summed E-state index contributed by atoms with van der Waals surface area (Å²) in [6.07, 6.45) is 6.66. The highest BCUT2D eigenvalue weighted by atomic mass is 32.2. The summed E-state index contributed by atoms with van der Waals surface area (Å²) >= 11 is 0. The third-order valence-corrected chi connectivity index (χ3v) is 3.86. The molecule has 90 valence electrons. The molecule has 0 bridgehead atoms. The molecule has 0 spiro atoms. The molecule has 1 N–H and O–H groups in total. The molecule has 0 aromatic carbocycles. The summed E-state index contributed by atoms with van der Waals surface area (Å²) in [7, 11) is 1.57. The van der Waals surface area contributed by atoms with E-state index in [0.717, 1.165) is 18.7 Å². The normalized spacial score (nSPS) is 26.1. The molecule has 15 heavy (non-hydrogen) atoms. The van der Waals surface area contributed by atoms with E-state index in [-0.39, 0.29) is 0 Å². The molecule has 1 fully saturated rings. The van der Waals surface area contributed by atoms with Gasteiger partial charge in [-0.15, -0.1) is 0 Å². The van der Waals surface area contributed by atoms with Crippen molar-refractivity contribution < 1.29 is 4.21 Å². The van der Waals surface area contributed by atoms with Crippen LogP contribution in [0.2, 0.25) is 0 Å². The summed E-state index contributed by atoms with van der Waals surface area (Å²) in [6, 6.07) is 0.681. The van der Waals surface area contributed by atoms with Gasteiger partial charge in [-0.25, -0.2) is 0 Å². The third-order valence-electron chi connectivity index (χ3n) is 2.99. The Balaban J connectivity index is 2.07. The first-order valence-corrected chi connectivity index (χ1v) is 7.63. The van der Waals surface area contributed by atoms with Crippen LogP contribution < -0.4 is 5.32 Å². The fourth-order valence-corrected chi connectivity index (χ4v) is 2.58. The van der Waals surface area contributed by atoms with Gasteiger partial charge in [-0.05, 0) is 52.4 Å². The Bertz CT molecular complexity index is 199. The molecule has 0 radical (unpaired) electrons. The van der Waals surface area contributed by atoms with Crippen molar-refractivity contribution in [3.8, 4) is 0 Å². The summed E-state index contributed by atoms with van der Waals surface area (Å²) in [4.78, 5) is 2.41. The zero-order valence-electron chi connectivity index (χ0n) is 10.00. The van der Waals surface area contributed by atoms with Crippen LogP contribution in [0.3, 0.4) is 0 Å². The van der Waals surface area contributed by atoms with Gasteiger partial charge in [0.2, 0.25) is 0 Å². The minimum atomic E-state index is -0.629. The second-order valence-electron chi connectivity index (χ2n) is 4.52. The van der Waals surface area contributed by atoms with E-state index in [4.69, 9.17) is 0 Å². The molecule has 1 aliphatic rings. The van der Waals surface area contributed by atoms with E-state index in [2.05, 4.69) is 17.3 Å². The molecule has 0 aromatic heterocycles. The number of rotatable bonds is 5. The van der Waals surface area contributed by atoms with Gasteiger partial charge in [0.25, 0.3) is 0 Å². The zero-order valence-corrected chi connectivity index (χ0v) is 10.8. The van der Waals surface area contributed by atoms with Crippen molar-refractivity contribution in [2.75, 3.05) is 38.7 Å². The van der Waals surface area contributed by atoms with E-state index in [0.29, 0.717) is 6.04 Å².